The lowest BCUT2D eigenvalue weighted by atomic mass is 9.81. The van der Waals surface area contributed by atoms with Crippen molar-refractivity contribution in [1.82, 2.24) is 4.90 Å². The van der Waals surface area contributed by atoms with Crippen molar-refractivity contribution in [2.45, 2.75) is 31.7 Å². The standard InChI is InChI=1S/C24H19ClN2O2S2/c1-13-21-15-9-8-14(28)11-17(15)23(19-7-4-10-30-19)27(24(21)29-26-13)12-20-22(25)16-5-2-3-6-18(16)31-20/h2-11,21,23-24,28H,12H2,1H3/t21-,23+,24-/m1/s1. The highest BCUT2D eigenvalue weighted by Gasteiger charge is 2.48. The van der Waals surface area contributed by atoms with Gasteiger partial charge in [-0.05, 0) is 47.7 Å². The predicted molar refractivity (Wildman–Crippen MR) is 127 cm³/mol. The van der Waals surface area contributed by atoms with Gasteiger partial charge in [0.05, 0.1) is 22.7 Å². The highest BCUT2D eigenvalue weighted by molar-refractivity contribution is 7.19. The second-order valence-corrected chi connectivity index (χ2v) is 10.4. The third-order valence-electron chi connectivity index (χ3n) is 6.14. The topological polar surface area (TPSA) is 45.1 Å². The largest absolute Gasteiger partial charge is 0.508 e. The molecule has 6 rings (SSSR count). The van der Waals surface area contributed by atoms with Crippen LogP contribution in [0.4, 0.5) is 0 Å². The van der Waals surface area contributed by atoms with Crippen LogP contribution in [0.15, 0.2) is 65.1 Å². The summed E-state index contributed by atoms with van der Waals surface area (Å²) < 4.78 is 1.18. The van der Waals surface area contributed by atoms with Gasteiger partial charge in [0.15, 0.2) is 6.23 Å². The minimum atomic E-state index is -0.217. The lowest BCUT2D eigenvalue weighted by molar-refractivity contribution is -0.0722. The number of phenols is 1. The van der Waals surface area contributed by atoms with Crippen molar-refractivity contribution in [2.75, 3.05) is 0 Å². The van der Waals surface area contributed by atoms with Crippen LogP contribution in [0.25, 0.3) is 10.1 Å². The summed E-state index contributed by atoms with van der Waals surface area (Å²) >= 11 is 10.3. The summed E-state index contributed by atoms with van der Waals surface area (Å²) in [6, 6.07) is 18.1. The van der Waals surface area contributed by atoms with Crippen LogP contribution in [0.1, 0.15) is 39.8 Å². The van der Waals surface area contributed by atoms with Gasteiger partial charge in [0.2, 0.25) is 0 Å². The molecule has 0 saturated heterocycles. The van der Waals surface area contributed by atoms with Crippen LogP contribution < -0.4 is 0 Å². The molecular formula is C24H19ClN2O2S2. The Hall–Kier alpha value is -2.38. The maximum absolute atomic E-state index is 10.3. The molecule has 3 atom stereocenters. The normalized spacial score (nSPS) is 22.8. The minimum absolute atomic E-state index is 0.0277. The molecule has 1 N–H and O–H groups in total. The molecule has 0 radical (unpaired) electrons. The summed E-state index contributed by atoms with van der Waals surface area (Å²) in [5.41, 5.74) is 3.22. The quantitative estimate of drug-likeness (QED) is 0.363. The third kappa shape index (κ3) is 3.01. The summed E-state index contributed by atoms with van der Waals surface area (Å²) in [6.07, 6.45) is -0.217. The zero-order valence-corrected chi connectivity index (χ0v) is 19.0. The first-order valence-corrected chi connectivity index (χ1v) is 12.2. The molecule has 2 aromatic heterocycles. The molecule has 0 spiro atoms. The number of oxime groups is 1. The predicted octanol–water partition coefficient (Wildman–Crippen LogP) is 6.74. The average Bonchev–Trinajstić information content (AvgIpc) is 3.49. The van der Waals surface area contributed by atoms with E-state index in [1.54, 1.807) is 28.7 Å². The number of aromatic hydroxyl groups is 1. The monoisotopic (exact) mass is 466 g/mol. The van der Waals surface area contributed by atoms with E-state index in [1.165, 1.54) is 15.1 Å². The maximum Gasteiger partial charge on any atom is 0.194 e. The van der Waals surface area contributed by atoms with Crippen LogP contribution in [-0.2, 0) is 11.4 Å². The summed E-state index contributed by atoms with van der Waals surface area (Å²) in [4.78, 5) is 10.7. The Morgan fingerprint density at radius 2 is 2.00 bits per heavy atom. The molecule has 0 aliphatic carbocycles. The number of hydrogen-bond acceptors (Lipinski definition) is 6. The first kappa shape index (κ1) is 19.3. The van der Waals surface area contributed by atoms with Crippen LogP contribution in [0, 0.1) is 0 Å². The van der Waals surface area contributed by atoms with Gasteiger partial charge in [-0.25, -0.2) is 4.90 Å². The van der Waals surface area contributed by atoms with Crippen molar-refractivity contribution >= 4 is 50.1 Å². The van der Waals surface area contributed by atoms with Gasteiger partial charge in [-0.15, -0.1) is 22.7 Å². The third-order valence-corrected chi connectivity index (χ3v) is 8.76. The van der Waals surface area contributed by atoms with Crippen molar-refractivity contribution in [3.8, 4) is 5.75 Å². The van der Waals surface area contributed by atoms with Crippen LogP contribution in [-0.4, -0.2) is 21.9 Å². The Morgan fingerprint density at radius 1 is 1.13 bits per heavy atom. The van der Waals surface area contributed by atoms with Gasteiger partial charge < -0.3 is 9.94 Å². The molecule has 0 bridgehead atoms. The Morgan fingerprint density at radius 3 is 2.81 bits per heavy atom. The van der Waals surface area contributed by atoms with E-state index in [0.29, 0.717) is 6.54 Å². The SMILES string of the molecule is CC1=NO[C@@H]2[C@H]1c1ccc(O)cc1[C@@H](c1cccs1)N2Cc1sc2ccccc2c1Cl. The highest BCUT2D eigenvalue weighted by Crippen LogP contribution is 2.50. The van der Waals surface area contributed by atoms with E-state index >= 15 is 0 Å². The van der Waals surface area contributed by atoms with Crippen molar-refractivity contribution in [3.63, 3.8) is 0 Å². The second-order valence-electron chi connectivity index (χ2n) is 7.95. The van der Waals surface area contributed by atoms with Crippen LogP contribution in [0.5, 0.6) is 5.75 Å². The number of fused-ring (bicyclic) bond motifs is 4. The fourth-order valence-electron chi connectivity index (χ4n) is 4.78. The molecule has 4 nitrogen and oxygen atoms in total. The molecular weight excluding hydrogens is 448 g/mol. The number of phenolic OH excluding ortho intramolecular Hbond substituents is 1. The van der Waals surface area contributed by atoms with E-state index in [-0.39, 0.29) is 23.9 Å². The Labute approximate surface area is 193 Å². The molecule has 4 aromatic rings. The van der Waals surface area contributed by atoms with Gasteiger partial charge in [0.25, 0.3) is 0 Å². The Bertz CT molecular complexity index is 1310. The van der Waals surface area contributed by atoms with Gasteiger partial charge in [-0.2, -0.15) is 0 Å². The summed E-state index contributed by atoms with van der Waals surface area (Å²) in [5, 5.41) is 18.7. The van der Waals surface area contributed by atoms with Gasteiger partial charge >= 0.3 is 0 Å². The molecule has 7 heteroatoms. The van der Waals surface area contributed by atoms with Crippen molar-refractivity contribution < 1.29 is 9.94 Å². The lowest BCUT2D eigenvalue weighted by Crippen LogP contribution is -2.46. The van der Waals surface area contributed by atoms with E-state index in [2.05, 4.69) is 39.7 Å². The van der Waals surface area contributed by atoms with Crippen LogP contribution in [0.3, 0.4) is 0 Å². The molecule has 4 heterocycles. The maximum atomic E-state index is 10.3. The van der Waals surface area contributed by atoms with Crippen molar-refractivity contribution in [2.24, 2.45) is 5.16 Å². The fraction of sp³-hybridized carbons (Fsp3) is 0.208. The zero-order valence-electron chi connectivity index (χ0n) is 16.7. The van der Waals surface area contributed by atoms with Gasteiger partial charge in [-0.1, -0.05) is 47.1 Å². The number of rotatable bonds is 3. The number of nitrogens with zero attached hydrogens (tertiary/aromatic N) is 2. The summed E-state index contributed by atoms with van der Waals surface area (Å²) in [6.45, 7) is 2.65. The average molecular weight is 467 g/mol. The number of benzene rings is 2. The zero-order chi connectivity index (χ0) is 21.1. The van der Waals surface area contributed by atoms with Gasteiger partial charge in [-0.3, -0.25) is 0 Å². The van der Waals surface area contributed by atoms with Crippen molar-refractivity contribution in [1.29, 1.82) is 0 Å². The molecule has 156 valence electrons. The minimum Gasteiger partial charge on any atom is -0.508 e. The molecule has 2 aliphatic heterocycles. The Kier molecular flexibility index (Phi) is 4.58. The van der Waals surface area contributed by atoms with Crippen LogP contribution >= 0.6 is 34.3 Å². The van der Waals surface area contributed by atoms with E-state index in [0.717, 1.165) is 26.6 Å². The van der Waals surface area contributed by atoms with E-state index in [1.807, 2.05) is 31.2 Å². The van der Waals surface area contributed by atoms with E-state index in [4.69, 9.17) is 16.4 Å². The highest BCUT2D eigenvalue weighted by atomic mass is 35.5. The molecule has 0 fully saturated rings. The first-order chi connectivity index (χ1) is 15.1. The lowest BCUT2D eigenvalue weighted by Gasteiger charge is -2.42. The smallest absolute Gasteiger partial charge is 0.194 e. The molecule has 0 saturated carbocycles. The molecule has 2 aliphatic rings. The molecule has 0 amide bonds. The second kappa shape index (κ2) is 7.35. The number of halogens is 1. The fourth-order valence-corrected chi connectivity index (χ4v) is 7.14. The van der Waals surface area contributed by atoms with Gasteiger partial charge in [0.1, 0.15) is 5.75 Å². The summed E-state index contributed by atoms with van der Waals surface area (Å²) in [7, 11) is 0. The van der Waals surface area contributed by atoms with Crippen LogP contribution in [0.2, 0.25) is 5.02 Å². The number of hydrogen-bond donors (Lipinski definition) is 1. The van der Waals surface area contributed by atoms with Gasteiger partial charge in [0, 0.05) is 26.4 Å². The molecule has 0 unspecified atom stereocenters. The van der Waals surface area contributed by atoms with Crippen molar-refractivity contribution in [3.05, 3.63) is 85.9 Å². The molecule has 2 aromatic carbocycles. The first-order valence-electron chi connectivity index (χ1n) is 10.1. The van der Waals surface area contributed by atoms with E-state index in [9.17, 15) is 5.11 Å². The molecule has 31 heavy (non-hydrogen) atoms. The number of thiophene rings is 2. The summed E-state index contributed by atoms with van der Waals surface area (Å²) in [5.74, 6) is 0.298. The Balaban J connectivity index is 1.52. The van der Waals surface area contributed by atoms with E-state index < -0.39 is 0 Å².